The van der Waals surface area contributed by atoms with E-state index in [1.165, 1.54) is 6.33 Å². The number of nitrogens with zero attached hydrogens (tertiary/aromatic N) is 2. The fourth-order valence-corrected chi connectivity index (χ4v) is 1.80. The van der Waals surface area contributed by atoms with Gasteiger partial charge in [0.25, 0.3) is 0 Å². The van der Waals surface area contributed by atoms with Crippen LogP contribution in [0.1, 0.15) is 5.56 Å². The van der Waals surface area contributed by atoms with Crippen LogP contribution in [0.2, 0.25) is 5.02 Å². The summed E-state index contributed by atoms with van der Waals surface area (Å²) in [7, 11) is 0. The van der Waals surface area contributed by atoms with E-state index in [0.29, 0.717) is 5.58 Å². The maximum absolute atomic E-state index is 6.06. The minimum Gasteiger partial charge on any atom is -0.453 e. The van der Waals surface area contributed by atoms with Gasteiger partial charge in [-0.3, -0.25) is 0 Å². The molecule has 0 bridgehead atoms. The molecule has 15 heavy (non-hydrogen) atoms. The van der Waals surface area contributed by atoms with E-state index in [1.54, 1.807) is 6.20 Å². The normalized spacial score (nSPS) is 11.3. The van der Waals surface area contributed by atoms with E-state index in [2.05, 4.69) is 9.97 Å². The predicted octanol–water partition coefficient (Wildman–Crippen LogP) is 3.34. The topological polar surface area (TPSA) is 38.9 Å². The lowest BCUT2D eigenvalue weighted by atomic mass is 10.2. The van der Waals surface area contributed by atoms with E-state index < -0.39 is 0 Å². The van der Waals surface area contributed by atoms with Crippen LogP contribution in [-0.4, -0.2) is 9.97 Å². The second-order valence-corrected chi connectivity index (χ2v) is 3.84. The number of halogens is 1. The lowest BCUT2D eigenvalue weighted by molar-refractivity contribution is 0.665. The van der Waals surface area contributed by atoms with Gasteiger partial charge in [0, 0.05) is 10.4 Å². The van der Waals surface area contributed by atoms with Crippen molar-refractivity contribution in [1.82, 2.24) is 9.97 Å². The van der Waals surface area contributed by atoms with Crippen LogP contribution < -0.4 is 0 Å². The van der Waals surface area contributed by atoms with Gasteiger partial charge in [0.1, 0.15) is 17.4 Å². The Morgan fingerprint density at radius 3 is 3.00 bits per heavy atom. The quantitative estimate of drug-likeness (QED) is 0.581. The van der Waals surface area contributed by atoms with E-state index in [4.69, 9.17) is 16.0 Å². The lowest BCUT2D eigenvalue weighted by Gasteiger charge is -1.95. The first kappa shape index (κ1) is 8.68. The van der Waals surface area contributed by atoms with Crippen molar-refractivity contribution in [1.29, 1.82) is 0 Å². The number of rotatable bonds is 0. The Hall–Kier alpha value is -1.61. The van der Waals surface area contributed by atoms with Gasteiger partial charge in [-0.25, -0.2) is 9.97 Å². The molecule has 0 saturated carbocycles. The fourth-order valence-electron chi connectivity index (χ4n) is 1.64. The number of aromatic nitrogens is 2. The van der Waals surface area contributed by atoms with Crippen molar-refractivity contribution in [3.05, 3.63) is 35.2 Å². The molecule has 0 aliphatic carbocycles. The van der Waals surface area contributed by atoms with Crippen LogP contribution in [0.4, 0.5) is 0 Å². The van der Waals surface area contributed by atoms with E-state index in [0.717, 1.165) is 27.1 Å². The largest absolute Gasteiger partial charge is 0.453 e. The standard InChI is InChI=1S/C11H7ClN2O/c1-6-2-9-7(3-8(6)12)11-10(15-9)4-13-5-14-11/h2-5H,1H3. The summed E-state index contributed by atoms with van der Waals surface area (Å²) in [5, 5.41) is 1.66. The van der Waals surface area contributed by atoms with Crippen molar-refractivity contribution >= 4 is 33.7 Å². The molecule has 3 rings (SSSR count). The van der Waals surface area contributed by atoms with E-state index >= 15 is 0 Å². The monoisotopic (exact) mass is 218 g/mol. The minimum atomic E-state index is 0.689. The summed E-state index contributed by atoms with van der Waals surface area (Å²) < 4.78 is 5.60. The van der Waals surface area contributed by atoms with Crippen LogP contribution in [0.25, 0.3) is 22.1 Å². The molecule has 0 amide bonds. The van der Waals surface area contributed by atoms with Crippen molar-refractivity contribution in [2.75, 3.05) is 0 Å². The lowest BCUT2D eigenvalue weighted by Crippen LogP contribution is -1.77. The van der Waals surface area contributed by atoms with Crippen molar-refractivity contribution in [3.8, 4) is 0 Å². The van der Waals surface area contributed by atoms with Crippen LogP contribution in [-0.2, 0) is 0 Å². The molecule has 0 aliphatic rings. The molecule has 0 saturated heterocycles. The third kappa shape index (κ3) is 1.20. The van der Waals surface area contributed by atoms with Gasteiger partial charge in [0.15, 0.2) is 5.58 Å². The van der Waals surface area contributed by atoms with Gasteiger partial charge in [0.2, 0.25) is 0 Å². The molecular formula is C11H7ClN2O. The highest BCUT2D eigenvalue weighted by Crippen LogP contribution is 2.30. The Kier molecular flexibility index (Phi) is 1.70. The maximum atomic E-state index is 6.06. The predicted molar refractivity (Wildman–Crippen MR) is 59.1 cm³/mol. The summed E-state index contributed by atoms with van der Waals surface area (Å²) in [6.45, 7) is 1.95. The average Bonchev–Trinajstić information content (AvgIpc) is 2.57. The summed E-state index contributed by atoms with van der Waals surface area (Å²) in [4.78, 5) is 8.09. The molecule has 0 atom stereocenters. The molecule has 1 aromatic carbocycles. The van der Waals surface area contributed by atoms with Crippen LogP contribution in [0, 0.1) is 6.92 Å². The summed E-state index contributed by atoms with van der Waals surface area (Å²) in [6, 6.07) is 3.80. The van der Waals surface area contributed by atoms with E-state index in [9.17, 15) is 0 Å². The van der Waals surface area contributed by atoms with Crippen LogP contribution >= 0.6 is 11.6 Å². The van der Waals surface area contributed by atoms with Crippen molar-refractivity contribution in [2.24, 2.45) is 0 Å². The number of aryl methyl sites for hydroxylation is 1. The first-order valence-corrected chi connectivity index (χ1v) is 4.92. The Morgan fingerprint density at radius 1 is 1.27 bits per heavy atom. The Morgan fingerprint density at radius 2 is 2.13 bits per heavy atom. The van der Waals surface area contributed by atoms with Gasteiger partial charge < -0.3 is 4.42 Å². The number of benzene rings is 1. The van der Waals surface area contributed by atoms with Crippen molar-refractivity contribution < 1.29 is 4.42 Å². The molecular weight excluding hydrogens is 212 g/mol. The van der Waals surface area contributed by atoms with Gasteiger partial charge >= 0.3 is 0 Å². The minimum absolute atomic E-state index is 0.689. The molecule has 0 unspecified atom stereocenters. The molecule has 2 aromatic heterocycles. The summed E-state index contributed by atoms with van der Waals surface area (Å²) in [5.74, 6) is 0. The summed E-state index contributed by atoms with van der Waals surface area (Å²) in [6.07, 6.45) is 3.16. The smallest absolute Gasteiger partial charge is 0.172 e. The van der Waals surface area contributed by atoms with Crippen molar-refractivity contribution in [3.63, 3.8) is 0 Å². The number of fused-ring (bicyclic) bond motifs is 3. The van der Waals surface area contributed by atoms with Gasteiger partial charge in [-0.05, 0) is 24.6 Å². The number of hydrogen-bond donors (Lipinski definition) is 0. The van der Waals surface area contributed by atoms with Crippen molar-refractivity contribution in [2.45, 2.75) is 6.92 Å². The molecule has 2 heterocycles. The zero-order valence-corrected chi connectivity index (χ0v) is 8.75. The van der Waals surface area contributed by atoms with E-state index in [-0.39, 0.29) is 0 Å². The summed E-state index contributed by atoms with van der Waals surface area (Å²) >= 11 is 6.06. The Bertz CT molecular complexity index is 660. The molecule has 4 heteroatoms. The Balaban J connectivity index is 2.56. The van der Waals surface area contributed by atoms with Gasteiger partial charge in [-0.1, -0.05) is 11.6 Å². The molecule has 0 N–H and O–H groups in total. The van der Waals surface area contributed by atoms with Crippen LogP contribution in [0.15, 0.2) is 29.1 Å². The Labute approximate surface area is 90.7 Å². The third-order valence-corrected chi connectivity index (χ3v) is 2.82. The molecule has 0 aliphatic heterocycles. The molecule has 0 radical (unpaired) electrons. The second kappa shape index (κ2) is 2.94. The zero-order valence-electron chi connectivity index (χ0n) is 7.99. The average molecular weight is 219 g/mol. The van der Waals surface area contributed by atoms with Gasteiger partial charge in [0.05, 0.1) is 6.20 Å². The first-order valence-electron chi connectivity index (χ1n) is 4.54. The molecule has 0 fully saturated rings. The SMILES string of the molecule is Cc1cc2oc3cncnc3c2cc1Cl. The molecule has 3 nitrogen and oxygen atoms in total. The van der Waals surface area contributed by atoms with Gasteiger partial charge in [-0.15, -0.1) is 0 Å². The van der Waals surface area contributed by atoms with E-state index in [1.807, 2.05) is 19.1 Å². The highest BCUT2D eigenvalue weighted by molar-refractivity contribution is 6.32. The highest BCUT2D eigenvalue weighted by Gasteiger charge is 2.09. The molecule has 3 aromatic rings. The molecule has 74 valence electrons. The zero-order chi connectivity index (χ0) is 10.4. The van der Waals surface area contributed by atoms with Gasteiger partial charge in [-0.2, -0.15) is 0 Å². The summed E-state index contributed by atoms with van der Waals surface area (Å²) in [5.41, 5.74) is 3.29. The van der Waals surface area contributed by atoms with Crippen LogP contribution in [0.3, 0.4) is 0 Å². The number of furan rings is 1. The number of hydrogen-bond acceptors (Lipinski definition) is 3. The fraction of sp³-hybridized carbons (Fsp3) is 0.0909. The molecule has 0 spiro atoms. The highest BCUT2D eigenvalue weighted by atomic mass is 35.5. The maximum Gasteiger partial charge on any atom is 0.172 e. The second-order valence-electron chi connectivity index (χ2n) is 3.44. The third-order valence-electron chi connectivity index (χ3n) is 2.41. The van der Waals surface area contributed by atoms with Crippen LogP contribution in [0.5, 0.6) is 0 Å². The first-order chi connectivity index (χ1) is 7.25.